The van der Waals surface area contributed by atoms with Crippen LogP contribution in [0.1, 0.15) is 10.4 Å². The van der Waals surface area contributed by atoms with Gasteiger partial charge in [0, 0.05) is 17.8 Å². The molecule has 2 rings (SSSR count). The molecule has 21 heavy (non-hydrogen) atoms. The van der Waals surface area contributed by atoms with Crippen LogP contribution in [0.4, 0.5) is 0 Å². The van der Waals surface area contributed by atoms with Crippen molar-refractivity contribution in [3.8, 4) is 0 Å². The SMILES string of the molecule is NC(=S)Cc1ccc(S(=O)(=O)NCCc2cccs2)cc1. The van der Waals surface area contributed by atoms with Gasteiger partial charge in [-0.05, 0) is 35.6 Å². The van der Waals surface area contributed by atoms with E-state index < -0.39 is 10.0 Å². The van der Waals surface area contributed by atoms with Crippen LogP contribution in [0, 0.1) is 0 Å². The van der Waals surface area contributed by atoms with Crippen molar-refractivity contribution in [3.63, 3.8) is 0 Å². The van der Waals surface area contributed by atoms with Gasteiger partial charge in [0.15, 0.2) is 0 Å². The molecule has 1 aromatic heterocycles. The third-order valence-electron chi connectivity index (χ3n) is 2.86. The molecule has 112 valence electrons. The molecule has 0 radical (unpaired) electrons. The first-order chi connectivity index (χ1) is 9.97. The number of thiophene rings is 1. The normalized spacial score (nSPS) is 11.4. The number of benzene rings is 1. The number of nitrogens with two attached hydrogens (primary N) is 1. The van der Waals surface area contributed by atoms with Crippen molar-refractivity contribution in [3.05, 3.63) is 52.2 Å². The number of hydrogen-bond acceptors (Lipinski definition) is 4. The van der Waals surface area contributed by atoms with E-state index in [9.17, 15) is 8.42 Å². The summed E-state index contributed by atoms with van der Waals surface area (Å²) in [5, 5.41) is 1.98. The Morgan fingerprint density at radius 2 is 1.95 bits per heavy atom. The molecule has 4 nitrogen and oxygen atoms in total. The van der Waals surface area contributed by atoms with E-state index in [1.807, 2.05) is 17.5 Å². The maximum Gasteiger partial charge on any atom is 0.240 e. The van der Waals surface area contributed by atoms with E-state index in [1.54, 1.807) is 35.6 Å². The minimum Gasteiger partial charge on any atom is -0.393 e. The van der Waals surface area contributed by atoms with Gasteiger partial charge in [-0.3, -0.25) is 0 Å². The Bertz CT molecular complexity index is 692. The molecular weight excluding hydrogens is 324 g/mol. The van der Waals surface area contributed by atoms with E-state index in [4.69, 9.17) is 18.0 Å². The summed E-state index contributed by atoms with van der Waals surface area (Å²) in [5.74, 6) is 0. The maximum atomic E-state index is 12.1. The summed E-state index contributed by atoms with van der Waals surface area (Å²) in [6.07, 6.45) is 1.16. The van der Waals surface area contributed by atoms with Crippen molar-refractivity contribution in [2.45, 2.75) is 17.7 Å². The fourth-order valence-corrected chi connectivity index (χ4v) is 3.74. The lowest BCUT2D eigenvalue weighted by atomic mass is 10.1. The van der Waals surface area contributed by atoms with Gasteiger partial charge in [0.2, 0.25) is 10.0 Å². The summed E-state index contributed by atoms with van der Waals surface area (Å²) in [7, 11) is -3.47. The van der Waals surface area contributed by atoms with E-state index in [1.165, 1.54) is 0 Å². The van der Waals surface area contributed by atoms with Gasteiger partial charge in [-0.1, -0.05) is 30.4 Å². The number of nitrogens with one attached hydrogen (secondary N) is 1. The van der Waals surface area contributed by atoms with Crippen molar-refractivity contribution in [1.82, 2.24) is 4.72 Å². The fourth-order valence-electron chi connectivity index (χ4n) is 1.83. The highest BCUT2D eigenvalue weighted by molar-refractivity contribution is 7.89. The van der Waals surface area contributed by atoms with Gasteiger partial charge in [0.25, 0.3) is 0 Å². The lowest BCUT2D eigenvalue weighted by Gasteiger charge is -2.07. The smallest absolute Gasteiger partial charge is 0.240 e. The molecule has 0 unspecified atom stereocenters. The average Bonchev–Trinajstić information content (AvgIpc) is 2.91. The molecule has 0 bridgehead atoms. The molecule has 1 heterocycles. The zero-order chi connectivity index (χ0) is 15.3. The first-order valence-electron chi connectivity index (χ1n) is 6.37. The molecular formula is C14H16N2O2S3. The first kappa shape index (κ1) is 16.1. The highest BCUT2D eigenvalue weighted by Gasteiger charge is 2.13. The summed E-state index contributed by atoms with van der Waals surface area (Å²) in [6, 6.07) is 10.5. The van der Waals surface area contributed by atoms with Crippen LogP contribution in [0.3, 0.4) is 0 Å². The predicted octanol–water partition coefficient (Wildman–Crippen LogP) is 2.10. The molecule has 0 aliphatic heterocycles. The van der Waals surface area contributed by atoms with Crippen LogP contribution in [0.2, 0.25) is 0 Å². The Morgan fingerprint density at radius 1 is 1.24 bits per heavy atom. The second-order valence-corrected chi connectivity index (χ2v) is 7.84. The molecule has 1 aromatic carbocycles. The largest absolute Gasteiger partial charge is 0.393 e. The van der Waals surface area contributed by atoms with Crippen LogP contribution in [0.25, 0.3) is 0 Å². The van der Waals surface area contributed by atoms with Gasteiger partial charge in [-0.2, -0.15) is 0 Å². The third kappa shape index (κ3) is 4.89. The monoisotopic (exact) mass is 340 g/mol. The highest BCUT2D eigenvalue weighted by atomic mass is 32.2. The summed E-state index contributed by atoms with van der Waals surface area (Å²) in [4.78, 5) is 1.80. The van der Waals surface area contributed by atoms with Gasteiger partial charge in [-0.25, -0.2) is 13.1 Å². The fraction of sp³-hybridized carbons (Fsp3) is 0.214. The zero-order valence-corrected chi connectivity index (χ0v) is 13.7. The number of rotatable bonds is 7. The first-order valence-corrected chi connectivity index (χ1v) is 9.14. The summed E-state index contributed by atoms with van der Waals surface area (Å²) >= 11 is 6.45. The van der Waals surface area contributed by atoms with Gasteiger partial charge in [-0.15, -0.1) is 11.3 Å². The van der Waals surface area contributed by atoms with Crippen molar-refractivity contribution >= 4 is 38.6 Å². The van der Waals surface area contributed by atoms with E-state index in [-0.39, 0.29) is 4.90 Å². The van der Waals surface area contributed by atoms with E-state index in [0.717, 1.165) is 10.4 Å². The summed E-state index contributed by atoms with van der Waals surface area (Å²) < 4.78 is 26.9. The number of thiocarbonyl (C=S) groups is 1. The Balaban J connectivity index is 1.96. The van der Waals surface area contributed by atoms with Crippen molar-refractivity contribution in [2.75, 3.05) is 6.54 Å². The minimum absolute atomic E-state index is 0.250. The van der Waals surface area contributed by atoms with Gasteiger partial charge >= 0.3 is 0 Å². The van der Waals surface area contributed by atoms with Crippen LogP contribution in [-0.2, 0) is 22.9 Å². The second kappa shape index (κ2) is 7.13. The number of hydrogen-bond donors (Lipinski definition) is 2. The van der Waals surface area contributed by atoms with Crippen LogP contribution in [-0.4, -0.2) is 20.0 Å². The Kier molecular flexibility index (Phi) is 5.46. The van der Waals surface area contributed by atoms with Gasteiger partial charge < -0.3 is 5.73 Å². The molecule has 0 amide bonds. The summed E-state index contributed by atoms with van der Waals surface area (Å²) in [5.41, 5.74) is 6.37. The second-order valence-electron chi connectivity index (χ2n) is 4.51. The quantitative estimate of drug-likeness (QED) is 0.757. The molecule has 0 fully saturated rings. The molecule has 0 saturated carbocycles. The molecule has 0 aliphatic carbocycles. The topological polar surface area (TPSA) is 72.2 Å². The van der Waals surface area contributed by atoms with Gasteiger partial charge in [0.05, 0.1) is 9.88 Å². The van der Waals surface area contributed by atoms with Crippen molar-refractivity contribution in [1.29, 1.82) is 0 Å². The summed E-state index contributed by atoms with van der Waals surface area (Å²) in [6.45, 7) is 0.386. The lowest BCUT2D eigenvalue weighted by molar-refractivity contribution is 0.582. The zero-order valence-electron chi connectivity index (χ0n) is 11.3. The van der Waals surface area contributed by atoms with Crippen LogP contribution in [0.15, 0.2) is 46.7 Å². The van der Waals surface area contributed by atoms with Crippen molar-refractivity contribution in [2.24, 2.45) is 5.73 Å². The molecule has 7 heteroatoms. The molecule has 0 atom stereocenters. The molecule has 0 aliphatic rings. The van der Waals surface area contributed by atoms with Crippen LogP contribution < -0.4 is 10.5 Å². The molecule has 3 N–H and O–H groups in total. The highest BCUT2D eigenvalue weighted by Crippen LogP contribution is 2.12. The Hall–Kier alpha value is -1.28. The Labute approximate surface area is 134 Å². The molecule has 2 aromatic rings. The van der Waals surface area contributed by atoms with E-state index in [0.29, 0.717) is 24.4 Å². The molecule has 0 saturated heterocycles. The minimum atomic E-state index is -3.47. The van der Waals surface area contributed by atoms with Crippen molar-refractivity contribution < 1.29 is 8.42 Å². The van der Waals surface area contributed by atoms with Gasteiger partial charge in [0.1, 0.15) is 0 Å². The standard InChI is InChI=1S/C14H16N2O2S3/c15-14(19)10-11-3-5-13(6-4-11)21(17,18)16-8-7-12-2-1-9-20-12/h1-6,9,16H,7-8,10H2,(H2,15,19). The lowest BCUT2D eigenvalue weighted by Crippen LogP contribution is -2.25. The maximum absolute atomic E-state index is 12.1. The van der Waals surface area contributed by atoms with E-state index in [2.05, 4.69) is 4.72 Å². The molecule has 0 spiro atoms. The third-order valence-corrected chi connectivity index (χ3v) is 5.41. The average molecular weight is 340 g/mol. The van der Waals surface area contributed by atoms with E-state index >= 15 is 0 Å². The number of sulfonamides is 1. The Morgan fingerprint density at radius 3 is 2.52 bits per heavy atom. The predicted molar refractivity (Wildman–Crippen MR) is 90.1 cm³/mol. The van der Waals surface area contributed by atoms with Crippen LogP contribution >= 0.6 is 23.6 Å². The van der Waals surface area contributed by atoms with Crippen LogP contribution in [0.5, 0.6) is 0 Å².